The van der Waals surface area contributed by atoms with Crippen molar-refractivity contribution in [3.05, 3.63) is 0 Å². The van der Waals surface area contributed by atoms with Gasteiger partial charge in [0.05, 0.1) is 0 Å². The molecule has 2 saturated carbocycles. The zero-order valence-electron chi connectivity index (χ0n) is 13.5. The van der Waals surface area contributed by atoms with E-state index < -0.39 is 0 Å². The van der Waals surface area contributed by atoms with Gasteiger partial charge in [0.15, 0.2) is 0 Å². The maximum Gasteiger partial charge on any atom is 0.317 e. The maximum absolute atomic E-state index is 12.3. The predicted octanol–water partition coefficient (Wildman–Crippen LogP) is 2.27. The summed E-state index contributed by atoms with van der Waals surface area (Å²) in [7, 11) is 0. The van der Waals surface area contributed by atoms with Crippen LogP contribution in [0.25, 0.3) is 0 Å². The van der Waals surface area contributed by atoms with Gasteiger partial charge in [-0.2, -0.15) is 0 Å². The number of carbonyl (C=O) groups is 2. The predicted molar refractivity (Wildman–Crippen MR) is 85.4 cm³/mol. The van der Waals surface area contributed by atoms with E-state index >= 15 is 0 Å². The fourth-order valence-corrected chi connectivity index (χ4v) is 3.62. The lowest BCUT2D eigenvalue weighted by atomic mass is 9.89. The van der Waals surface area contributed by atoms with Crippen LogP contribution < -0.4 is 10.6 Å². The van der Waals surface area contributed by atoms with Crippen LogP contribution >= 0.6 is 0 Å². The lowest BCUT2D eigenvalue weighted by Gasteiger charge is -2.32. The third kappa shape index (κ3) is 4.37. The Kier molecular flexibility index (Phi) is 5.21. The Morgan fingerprint density at radius 1 is 0.909 bits per heavy atom. The number of likely N-dealkylation sites (tertiary alicyclic amines) is 1. The first kappa shape index (κ1) is 15.6. The molecule has 3 fully saturated rings. The molecule has 22 heavy (non-hydrogen) atoms. The highest BCUT2D eigenvalue weighted by Gasteiger charge is 2.30. The number of carbonyl (C=O) groups excluding carboxylic acids is 2. The Morgan fingerprint density at radius 2 is 1.59 bits per heavy atom. The second kappa shape index (κ2) is 7.34. The van der Waals surface area contributed by atoms with E-state index in [4.69, 9.17) is 0 Å². The van der Waals surface area contributed by atoms with Crippen LogP contribution in [0.3, 0.4) is 0 Å². The lowest BCUT2D eigenvalue weighted by Crippen LogP contribution is -2.47. The molecule has 1 aliphatic heterocycles. The van der Waals surface area contributed by atoms with Gasteiger partial charge in [0.1, 0.15) is 0 Å². The number of hydrogen-bond acceptors (Lipinski definition) is 2. The van der Waals surface area contributed by atoms with Gasteiger partial charge in [-0.1, -0.05) is 19.3 Å². The molecule has 124 valence electrons. The van der Waals surface area contributed by atoms with Crippen LogP contribution in [0.15, 0.2) is 0 Å². The van der Waals surface area contributed by atoms with Gasteiger partial charge in [0.25, 0.3) is 0 Å². The molecule has 3 aliphatic rings. The molecule has 0 bridgehead atoms. The Bertz CT molecular complexity index is 395. The molecule has 0 unspecified atom stereocenters. The Balaban J connectivity index is 1.34. The number of hydrogen-bond donors (Lipinski definition) is 2. The molecule has 2 N–H and O–H groups in total. The van der Waals surface area contributed by atoms with E-state index in [1.807, 2.05) is 4.90 Å². The van der Waals surface area contributed by atoms with Crippen LogP contribution in [0.2, 0.25) is 0 Å². The molecule has 5 nitrogen and oxygen atoms in total. The maximum atomic E-state index is 12.3. The smallest absolute Gasteiger partial charge is 0.317 e. The monoisotopic (exact) mass is 307 g/mol. The number of amides is 3. The number of rotatable bonds is 4. The summed E-state index contributed by atoms with van der Waals surface area (Å²) in [6.45, 7) is 2.27. The van der Waals surface area contributed by atoms with Gasteiger partial charge < -0.3 is 15.5 Å². The van der Waals surface area contributed by atoms with E-state index in [0.29, 0.717) is 25.0 Å². The molecule has 2 aliphatic carbocycles. The fraction of sp³-hybridized carbons (Fsp3) is 0.882. The number of piperidine rings is 1. The normalized spacial score (nSPS) is 24.1. The molecule has 3 rings (SSSR count). The zero-order chi connectivity index (χ0) is 15.4. The van der Waals surface area contributed by atoms with Crippen LogP contribution in [-0.4, -0.2) is 42.5 Å². The number of urea groups is 1. The highest BCUT2D eigenvalue weighted by Crippen LogP contribution is 2.24. The van der Waals surface area contributed by atoms with Crippen molar-refractivity contribution in [1.29, 1.82) is 0 Å². The van der Waals surface area contributed by atoms with Crippen LogP contribution in [-0.2, 0) is 4.79 Å². The first-order valence-electron chi connectivity index (χ1n) is 9.05. The third-order valence-electron chi connectivity index (χ3n) is 5.35. The van der Waals surface area contributed by atoms with Crippen molar-refractivity contribution in [2.45, 2.75) is 63.8 Å². The second-order valence-electron chi connectivity index (χ2n) is 7.23. The average Bonchev–Trinajstić information content (AvgIpc) is 3.37. The molecule has 5 heteroatoms. The first-order chi connectivity index (χ1) is 10.7. The highest BCUT2D eigenvalue weighted by molar-refractivity contribution is 5.79. The molecule has 0 atom stereocenters. The van der Waals surface area contributed by atoms with Gasteiger partial charge in [-0.05, 0) is 44.4 Å². The number of nitrogens with zero attached hydrogens (tertiary/aromatic N) is 1. The topological polar surface area (TPSA) is 61.4 Å². The van der Waals surface area contributed by atoms with Gasteiger partial charge in [-0.15, -0.1) is 0 Å². The fourth-order valence-electron chi connectivity index (χ4n) is 3.62. The summed E-state index contributed by atoms with van der Waals surface area (Å²) in [6, 6.07) is 0.465. The van der Waals surface area contributed by atoms with Gasteiger partial charge in [-0.3, -0.25) is 4.79 Å². The quantitative estimate of drug-likeness (QED) is 0.837. The van der Waals surface area contributed by atoms with E-state index in [-0.39, 0.29) is 17.9 Å². The highest BCUT2D eigenvalue weighted by atomic mass is 16.2. The van der Waals surface area contributed by atoms with E-state index in [9.17, 15) is 9.59 Å². The minimum atomic E-state index is 0.0589. The third-order valence-corrected chi connectivity index (χ3v) is 5.35. The lowest BCUT2D eigenvalue weighted by molar-refractivity contribution is -0.126. The van der Waals surface area contributed by atoms with Crippen molar-refractivity contribution >= 4 is 11.9 Å². The van der Waals surface area contributed by atoms with Crippen molar-refractivity contribution in [1.82, 2.24) is 15.5 Å². The van der Waals surface area contributed by atoms with Crippen LogP contribution in [0.1, 0.15) is 57.8 Å². The van der Waals surface area contributed by atoms with Gasteiger partial charge >= 0.3 is 6.03 Å². The molecule has 1 saturated heterocycles. The van der Waals surface area contributed by atoms with E-state index in [0.717, 1.165) is 32.2 Å². The summed E-state index contributed by atoms with van der Waals surface area (Å²) in [5.74, 6) is 0.975. The summed E-state index contributed by atoms with van der Waals surface area (Å²) >= 11 is 0. The molecule has 3 amide bonds. The number of nitrogens with one attached hydrogen (secondary N) is 2. The van der Waals surface area contributed by atoms with E-state index in [1.54, 1.807) is 0 Å². The van der Waals surface area contributed by atoms with Gasteiger partial charge in [0, 0.05) is 31.6 Å². The molecule has 0 aromatic rings. The minimum absolute atomic E-state index is 0.0589. The summed E-state index contributed by atoms with van der Waals surface area (Å²) in [4.78, 5) is 26.1. The van der Waals surface area contributed by atoms with Crippen molar-refractivity contribution in [3.63, 3.8) is 0 Å². The van der Waals surface area contributed by atoms with Crippen molar-refractivity contribution in [2.75, 3.05) is 19.6 Å². The summed E-state index contributed by atoms with van der Waals surface area (Å²) in [5.41, 5.74) is 0. The zero-order valence-corrected chi connectivity index (χ0v) is 13.5. The standard InChI is InChI=1S/C17H29N3O2/c21-16(18-12-13-4-2-1-3-5-13)14-8-10-20(11-9-14)17(22)19-15-6-7-15/h13-15H,1-12H2,(H,18,21)(H,19,22). The van der Waals surface area contributed by atoms with Crippen LogP contribution in [0.5, 0.6) is 0 Å². The SMILES string of the molecule is O=C(NCC1CCCCC1)C1CCN(C(=O)NC2CC2)CC1. The molecule has 0 radical (unpaired) electrons. The summed E-state index contributed by atoms with van der Waals surface area (Å²) in [5, 5.41) is 6.17. The van der Waals surface area contributed by atoms with Gasteiger partial charge in [0.2, 0.25) is 5.91 Å². The van der Waals surface area contributed by atoms with E-state index in [1.165, 1.54) is 32.1 Å². The van der Waals surface area contributed by atoms with Crippen molar-refractivity contribution in [3.8, 4) is 0 Å². The van der Waals surface area contributed by atoms with Gasteiger partial charge in [-0.25, -0.2) is 4.79 Å². The molecule has 0 spiro atoms. The Morgan fingerprint density at radius 3 is 2.23 bits per heavy atom. The van der Waals surface area contributed by atoms with Crippen LogP contribution in [0, 0.1) is 11.8 Å². The Labute approximate surface area is 133 Å². The Hall–Kier alpha value is -1.26. The van der Waals surface area contributed by atoms with Crippen LogP contribution in [0.4, 0.5) is 4.79 Å². The second-order valence-corrected chi connectivity index (χ2v) is 7.23. The van der Waals surface area contributed by atoms with Crippen molar-refractivity contribution < 1.29 is 9.59 Å². The molecule has 1 heterocycles. The first-order valence-corrected chi connectivity index (χ1v) is 9.05. The largest absolute Gasteiger partial charge is 0.356 e. The molecule has 0 aromatic heterocycles. The molecule has 0 aromatic carbocycles. The van der Waals surface area contributed by atoms with E-state index in [2.05, 4.69) is 10.6 Å². The minimum Gasteiger partial charge on any atom is -0.356 e. The molecular formula is C17H29N3O2. The summed E-state index contributed by atoms with van der Waals surface area (Å²) < 4.78 is 0. The average molecular weight is 307 g/mol. The molecular weight excluding hydrogens is 278 g/mol. The summed E-state index contributed by atoms with van der Waals surface area (Å²) in [6.07, 6.45) is 10.3. The van der Waals surface area contributed by atoms with Crippen molar-refractivity contribution in [2.24, 2.45) is 11.8 Å².